The molecular weight excluding hydrogens is 284 g/mol. The minimum atomic E-state index is -1.70. The molecule has 0 aliphatic carbocycles. The molecule has 0 aliphatic heterocycles. The summed E-state index contributed by atoms with van der Waals surface area (Å²) in [5, 5.41) is 0. The Kier molecular flexibility index (Phi) is 7.97. The van der Waals surface area contributed by atoms with E-state index in [0.717, 1.165) is 12.2 Å². The van der Waals surface area contributed by atoms with Crippen LogP contribution in [-0.4, -0.2) is 23.2 Å². The van der Waals surface area contributed by atoms with Crippen molar-refractivity contribution in [2.24, 2.45) is 0 Å². The van der Waals surface area contributed by atoms with Gasteiger partial charge >= 0.3 is 0 Å². The topological polar surface area (TPSA) is 27.7 Å². The Morgan fingerprint density at radius 1 is 1.00 bits per heavy atom. The zero-order valence-electron chi connectivity index (χ0n) is 14.1. The summed E-state index contributed by atoms with van der Waals surface area (Å²) in [5.41, 5.74) is 0. The van der Waals surface area contributed by atoms with Crippen LogP contribution in [0, 0.1) is 0 Å². The van der Waals surface area contributed by atoms with Crippen LogP contribution in [0.4, 0.5) is 0 Å². The highest BCUT2D eigenvalue weighted by Crippen LogP contribution is 2.18. The van der Waals surface area contributed by atoms with E-state index in [2.05, 4.69) is 45.9 Å². The van der Waals surface area contributed by atoms with E-state index in [4.69, 9.17) is 13.6 Å². The quantitative estimate of drug-likeness (QED) is 0.259. The molecule has 0 fully saturated rings. The molecule has 0 bridgehead atoms. The summed E-state index contributed by atoms with van der Waals surface area (Å²) in [6.45, 7) is 19.1. The van der Waals surface area contributed by atoms with E-state index in [1.807, 2.05) is 25.2 Å². The maximum atomic E-state index is 6.06. The second-order valence-electron chi connectivity index (χ2n) is 6.46. The second-order valence-corrected chi connectivity index (χ2v) is 15.3. The maximum Gasteiger partial charge on any atom is 0.268 e. The highest BCUT2D eigenvalue weighted by Gasteiger charge is 2.21. The third-order valence-corrected chi connectivity index (χ3v) is 3.52. The summed E-state index contributed by atoms with van der Waals surface area (Å²) < 4.78 is 17.6. The molecule has 20 heavy (non-hydrogen) atoms. The summed E-state index contributed by atoms with van der Waals surface area (Å²) in [6, 6.07) is 0. The van der Waals surface area contributed by atoms with Gasteiger partial charge in [0, 0.05) is 0 Å². The van der Waals surface area contributed by atoms with Crippen molar-refractivity contribution in [3.05, 3.63) is 36.5 Å². The summed E-state index contributed by atoms with van der Waals surface area (Å²) in [4.78, 5) is 0. The fourth-order valence-corrected chi connectivity index (χ4v) is 2.91. The Bertz CT molecular complexity index is 360. The molecule has 0 unspecified atom stereocenters. The number of allylic oxidation sites excluding steroid dienone is 3. The molecule has 0 radical (unpaired) electrons. The van der Waals surface area contributed by atoms with Crippen LogP contribution in [0.15, 0.2) is 36.5 Å². The van der Waals surface area contributed by atoms with Gasteiger partial charge in [0.1, 0.15) is 5.76 Å². The molecule has 0 saturated carbocycles. The van der Waals surface area contributed by atoms with E-state index in [9.17, 15) is 0 Å². The summed E-state index contributed by atoms with van der Waals surface area (Å²) in [5.74, 6) is 1.37. The molecule has 0 atom stereocenters. The Morgan fingerprint density at radius 3 is 1.95 bits per heavy atom. The van der Waals surface area contributed by atoms with E-state index in [0.29, 0.717) is 12.6 Å². The summed E-state index contributed by atoms with van der Waals surface area (Å²) in [6.07, 6.45) is 6.49. The van der Waals surface area contributed by atoms with E-state index in [1.165, 1.54) is 0 Å². The van der Waals surface area contributed by atoms with Crippen LogP contribution < -0.4 is 0 Å². The third-order valence-electron chi connectivity index (χ3n) is 1.86. The van der Waals surface area contributed by atoms with Crippen molar-refractivity contribution in [1.82, 2.24) is 0 Å². The largest absolute Gasteiger partial charge is 0.544 e. The molecule has 0 N–H and O–H groups in total. The molecular formula is C15H30O3Si2. The highest BCUT2D eigenvalue weighted by atomic mass is 28.4. The van der Waals surface area contributed by atoms with Crippen molar-refractivity contribution in [1.29, 1.82) is 0 Å². The normalized spacial score (nSPS) is 13.9. The monoisotopic (exact) mass is 314 g/mol. The van der Waals surface area contributed by atoms with E-state index in [-0.39, 0.29) is 0 Å². The lowest BCUT2D eigenvalue weighted by molar-refractivity contribution is 0.111. The Balaban J connectivity index is 5.19. The van der Waals surface area contributed by atoms with Gasteiger partial charge in [0.2, 0.25) is 16.6 Å². The Morgan fingerprint density at radius 2 is 1.55 bits per heavy atom. The van der Waals surface area contributed by atoms with Crippen LogP contribution in [0.5, 0.6) is 0 Å². The molecule has 0 aromatic carbocycles. The second kappa shape index (κ2) is 8.36. The first-order valence-electron chi connectivity index (χ1n) is 7.11. The van der Waals surface area contributed by atoms with Crippen molar-refractivity contribution in [3.63, 3.8) is 0 Å². The zero-order chi connectivity index (χ0) is 15.8. The van der Waals surface area contributed by atoms with Gasteiger partial charge in [-0.25, -0.2) is 0 Å². The number of ether oxygens (including phenoxy) is 1. The lowest BCUT2D eigenvalue weighted by atomic mass is 10.3. The maximum absolute atomic E-state index is 6.06. The van der Waals surface area contributed by atoms with Crippen LogP contribution in [0.1, 0.15) is 13.3 Å². The standard InChI is InChI=1S/C15H30O3Si2/c1-9-11-12-14(17-19(3,4)5)13-15(16-10-2)18-20(6,7)8/h9,12-13H,1,10-11H2,2-8H3/b14-12+,15-13+. The predicted octanol–water partition coefficient (Wildman–Crippen LogP) is 5.03. The summed E-state index contributed by atoms with van der Waals surface area (Å²) in [7, 11) is -3.36. The first kappa shape index (κ1) is 19.1. The van der Waals surface area contributed by atoms with Crippen LogP contribution in [0.2, 0.25) is 39.3 Å². The fourth-order valence-electron chi connectivity index (χ4n) is 1.34. The average Bonchev–Trinajstić information content (AvgIpc) is 2.21. The van der Waals surface area contributed by atoms with Gasteiger partial charge in [-0.2, -0.15) is 0 Å². The van der Waals surface area contributed by atoms with E-state index < -0.39 is 16.6 Å². The Labute approximate surface area is 126 Å². The van der Waals surface area contributed by atoms with Gasteiger partial charge in [0.15, 0.2) is 0 Å². The molecule has 0 saturated heterocycles. The lowest BCUT2D eigenvalue weighted by Gasteiger charge is -2.24. The summed E-state index contributed by atoms with van der Waals surface area (Å²) >= 11 is 0. The molecule has 5 heteroatoms. The van der Waals surface area contributed by atoms with Crippen LogP contribution >= 0.6 is 0 Å². The fraction of sp³-hybridized carbons (Fsp3) is 0.600. The van der Waals surface area contributed by atoms with Gasteiger partial charge in [-0.15, -0.1) is 6.58 Å². The molecule has 0 aliphatic rings. The smallest absolute Gasteiger partial charge is 0.268 e. The number of hydrogen-bond donors (Lipinski definition) is 0. The third kappa shape index (κ3) is 10.9. The molecule has 0 amide bonds. The highest BCUT2D eigenvalue weighted by molar-refractivity contribution is 6.70. The molecule has 3 nitrogen and oxygen atoms in total. The zero-order valence-corrected chi connectivity index (χ0v) is 16.1. The van der Waals surface area contributed by atoms with Gasteiger partial charge in [-0.3, -0.25) is 0 Å². The van der Waals surface area contributed by atoms with E-state index >= 15 is 0 Å². The van der Waals surface area contributed by atoms with Gasteiger partial charge in [0.05, 0.1) is 12.7 Å². The molecule has 0 rings (SSSR count). The Hall–Kier alpha value is -0.946. The molecule has 0 aromatic rings. The van der Waals surface area contributed by atoms with E-state index in [1.54, 1.807) is 0 Å². The van der Waals surface area contributed by atoms with Crippen molar-refractivity contribution >= 4 is 16.6 Å². The van der Waals surface area contributed by atoms with Crippen molar-refractivity contribution in [2.45, 2.75) is 52.6 Å². The molecule has 0 spiro atoms. The van der Waals surface area contributed by atoms with Crippen molar-refractivity contribution < 1.29 is 13.6 Å². The molecule has 116 valence electrons. The van der Waals surface area contributed by atoms with Crippen LogP contribution in [0.25, 0.3) is 0 Å². The lowest BCUT2D eigenvalue weighted by Crippen LogP contribution is -2.27. The molecule has 0 aromatic heterocycles. The average molecular weight is 315 g/mol. The minimum Gasteiger partial charge on any atom is -0.544 e. The molecule has 0 heterocycles. The van der Waals surface area contributed by atoms with Crippen molar-refractivity contribution in [2.75, 3.05) is 6.61 Å². The first-order valence-corrected chi connectivity index (χ1v) is 13.9. The number of rotatable bonds is 9. The first-order chi connectivity index (χ1) is 9.07. The minimum absolute atomic E-state index is 0.556. The van der Waals surface area contributed by atoms with Gasteiger partial charge < -0.3 is 13.6 Å². The van der Waals surface area contributed by atoms with Gasteiger partial charge in [0.25, 0.3) is 5.95 Å². The number of hydrogen-bond acceptors (Lipinski definition) is 3. The van der Waals surface area contributed by atoms with Gasteiger partial charge in [-0.05, 0) is 58.7 Å². The van der Waals surface area contributed by atoms with Crippen LogP contribution in [-0.2, 0) is 13.6 Å². The van der Waals surface area contributed by atoms with Gasteiger partial charge in [-0.1, -0.05) is 6.08 Å². The predicted molar refractivity (Wildman–Crippen MR) is 91.5 cm³/mol. The van der Waals surface area contributed by atoms with Crippen LogP contribution in [0.3, 0.4) is 0 Å². The SMILES string of the molecule is C=CC/C=C(\C=C(/OCC)O[Si](C)(C)C)O[Si](C)(C)C. The van der Waals surface area contributed by atoms with Crippen molar-refractivity contribution in [3.8, 4) is 0 Å².